The Hall–Kier alpha value is -2.38. The van der Waals surface area contributed by atoms with Crippen molar-refractivity contribution in [3.8, 4) is 0 Å². The molecular weight excluding hydrogens is 374 g/mol. The highest BCUT2D eigenvalue weighted by Gasteiger charge is 2.16. The standard InChI is InChI=1S/C18H18ClN3O3S/c1-2-3-9-21-17(24)16-14(8-10-26-16)22(18(21)25)11-15(23)20-13-7-5-4-6-12(13)19/h4-8,10H,2-3,9,11H2,1H3,(H,20,23). The van der Waals surface area contributed by atoms with Crippen LogP contribution in [0.25, 0.3) is 10.2 Å². The Bertz CT molecular complexity index is 1070. The fraction of sp³-hybridized carbons (Fsp3) is 0.278. The van der Waals surface area contributed by atoms with Crippen molar-refractivity contribution in [3.63, 3.8) is 0 Å². The topological polar surface area (TPSA) is 73.1 Å². The second-order valence-corrected chi connectivity index (χ2v) is 7.17. The molecule has 0 radical (unpaired) electrons. The zero-order valence-corrected chi connectivity index (χ0v) is 15.8. The molecule has 3 rings (SSSR count). The number of para-hydroxylation sites is 1. The molecule has 2 aromatic heterocycles. The number of amides is 1. The molecule has 0 spiro atoms. The van der Waals surface area contributed by atoms with E-state index in [2.05, 4.69) is 5.32 Å². The van der Waals surface area contributed by atoms with Crippen molar-refractivity contribution in [3.05, 3.63) is 61.6 Å². The smallest absolute Gasteiger partial charge is 0.323 e. The minimum Gasteiger partial charge on any atom is -0.323 e. The molecule has 1 amide bonds. The van der Waals surface area contributed by atoms with Crippen molar-refractivity contribution in [1.29, 1.82) is 0 Å². The average Bonchev–Trinajstić information content (AvgIpc) is 3.10. The minimum atomic E-state index is -0.469. The van der Waals surface area contributed by atoms with E-state index in [-0.39, 0.29) is 18.0 Å². The number of nitrogens with one attached hydrogen (secondary N) is 1. The Morgan fingerprint density at radius 1 is 1.19 bits per heavy atom. The van der Waals surface area contributed by atoms with Crippen LogP contribution in [-0.2, 0) is 17.9 Å². The Morgan fingerprint density at radius 2 is 1.96 bits per heavy atom. The molecule has 0 saturated heterocycles. The lowest BCUT2D eigenvalue weighted by Crippen LogP contribution is -2.41. The number of unbranched alkanes of at least 4 members (excludes halogenated alkanes) is 1. The van der Waals surface area contributed by atoms with E-state index < -0.39 is 5.69 Å². The van der Waals surface area contributed by atoms with Gasteiger partial charge in [0.2, 0.25) is 5.91 Å². The summed E-state index contributed by atoms with van der Waals surface area (Å²) in [6.45, 7) is 2.14. The number of hydrogen-bond donors (Lipinski definition) is 1. The number of anilines is 1. The van der Waals surface area contributed by atoms with Gasteiger partial charge in [0.15, 0.2) is 0 Å². The van der Waals surface area contributed by atoms with Crippen molar-refractivity contribution in [1.82, 2.24) is 9.13 Å². The van der Waals surface area contributed by atoms with Crippen molar-refractivity contribution in [2.24, 2.45) is 0 Å². The first kappa shape index (κ1) is 18.4. The van der Waals surface area contributed by atoms with E-state index in [1.807, 2.05) is 6.92 Å². The SMILES string of the molecule is CCCCn1c(=O)c2sccc2n(CC(=O)Nc2ccccc2Cl)c1=O. The maximum atomic E-state index is 12.8. The molecule has 0 bridgehead atoms. The van der Waals surface area contributed by atoms with Crippen LogP contribution in [0.1, 0.15) is 19.8 Å². The van der Waals surface area contributed by atoms with Crippen LogP contribution < -0.4 is 16.6 Å². The first-order chi connectivity index (χ1) is 12.5. The maximum Gasteiger partial charge on any atom is 0.332 e. The summed E-state index contributed by atoms with van der Waals surface area (Å²) in [4.78, 5) is 37.8. The Labute approximate surface area is 158 Å². The number of aromatic nitrogens is 2. The molecule has 26 heavy (non-hydrogen) atoms. The van der Waals surface area contributed by atoms with E-state index in [0.717, 1.165) is 12.8 Å². The van der Waals surface area contributed by atoms with Crippen molar-refractivity contribution >= 4 is 44.7 Å². The molecule has 0 aliphatic heterocycles. The number of benzene rings is 1. The number of rotatable bonds is 6. The Balaban J connectivity index is 1.98. The van der Waals surface area contributed by atoms with Gasteiger partial charge in [-0.05, 0) is 30.0 Å². The van der Waals surface area contributed by atoms with E-state index >= 15 is 0 Å². The lowest BCUT2D eigenvalue weighted by atomic mass is 10.3. The zero-order chi connectivity index (χ0) is 18.7. The highest BCUT2D eigenvalue weighted by Crippen LogP contribution is 2.20. The number of nitrogens with zero attached hydrogens (tertiary/aromatic N) is 2. The molecule has 2 heterocycles. The van der Waals surface area contributed by atoms with Gasteiger partial charge < -0.3 is 5.32 Å². The fourth-order valence-corrected chi connectivity index (χ4v) is 3.72. The molecular formula is C18H18ClN3O3S. The van der Waals surface area contributed by atoms with Gasteiger partial charge in [-0.25, -0.2) is 4.79 Å². The first-order valence-electron chi connectivity index (χ1n) is 8.28. The van der Waals surface area contributed by atoms with Gasteiger partial charge in [0.25, 0.3) is 5.56 Å². The second kappa shape index (κ2) is 7.88. The average molecular weight is 392 g/mol. The van der Waals surface area contributed by atoms with Gasteiger partial charge in [0.1, 0.15) is 11.2 Å². The van der Waals surface area contributed by atoms with Gasteiger partial charge in [-0.3, -0.25) is 18.7 Å². The van der Waals surface area contributed by atoms with Gasteiger partial charge >= 0.3 is 5.69 Å². The number of carbonyl (C=O) groups excluding carboxylic acids is 1. The largest absolute Gasteiger partial charge is 0.332 e. The third-order valence-electron chi connectivity index (χ3n) is 4.02. The van der Waals surface area contributed by atoms with Crippen LogP contribution in [-0.4, -0.2) is 15.0 Å². The van der Waals surface area contributed by atoms with Crippen LogP contribution in [0.4, 0.5) is 5.69 Å². The predicted molar refractivity (Wildman–Crippen MR) is 105 cm³/mol. The van der Waals surface area contributed by atoms with Crippen LogP contribution in [0, 0.1) is 0 Å². The number of carbonyl (C=O) groups is 1. The van der Waals surface area contributed by atoms with Crippen molar-refractivity contribution in [2.75, 3.05) is 5.32 Å². The van der Waals surface area contributed by atoms with E-state index in [1.165, 1.54) is 20.5 Å². The second-order valence-electron chi connectivity index (χ2n) is 5.84. The number of halogens is 1. The van der Waals surface area contributed by atoms with Crippen LogP contribution in [0.2, 0.25) is 5.02 Å². The van der Waals surface area contributed by atoms with Crippen LogP contribution in [0.5, 0.6) is 0 Å². The monoisotopic (exact) mass is 391 g/mol. The van der Waals surface area contributed by atoms with E-state index in [1.54, 1.807) is 35.7 Å². The first-order valence-corrected chi connectivity index (χ1v) is 9.54. The molecule has 0 aliphatic rings. The van der Waals surface area contributed by atoms with Gasteiger partial charge in [0.05, 0.1) is 16.2 Å². The summed E-state index contributed by atoms with van der Waals surface area (Å²) in [5, 5.41) is 4.87. The third-order valence-corrected chi connectivity index (χ3v) is 5.24. The summed E-state index contributed by atoms with van der Waals surface area (Å²) in [5.41, 5.74) is 0.194. The van der Waals surface area contributed by atoms with Crippen molar-refractivity contribution in [2.45, 2.75) is 32.9 Å². The van der Waals surface area contributed by atoms with E-state index in [0.29, 0.717) is 27.5 Å². The molecule has 1 N–H and O–H groups in total. The maximum absolute atomic E-state index is 12.8. The lowest BCUT2D eigenvalue weighted by molar-refractivity contribution is -0.116. The Kier molecular flexibility index (Phi) is 5.58. The highest BCUT2D eigenvalue weighted by molar-refractivity contribution is 7.17. The summed E-state index contributed by atoms with van der Waals surface area (Å²) in [7, 11) is 0. The molecule has 1 aromatic carbocycles. The van der Waals surface area contributed by atoms with Gasteiger partial charge in [-0.1, -0.05) is 37.1 Å². The molecule has 0 unspecified atom stereocenters. The number of thiophene rings is 1. The molecule has 8 heteroatoms. The fourth-order valence-electron chi connectivity index (χ4n) is 2.70. The minimum absolute atomic E-state index is 0.191. The summed E-state index contributed by atoms with van der Waals surface area (Å²) in [6, 6.07) is 8.57. The number of fused-ring (bicyclic) bond motifs is 1. The summed E-state index contributed by atoms with van der Waals surface area (Å²) >= 11 is 7.33. The molecule has 0 aliphatic carbocycles. The quantitative estimate of drug-likeness (QED) is 0.700. The molecule has 6 nitrogen and oxygen atoms in total. The zero-order valence-electron chi connectivity index (χ0n) is 14.2. The predicted octanol–water partition coefficient (Wildman–Crippen LogP) is 3.32. The molecule has 3 aromatic rings. The molecule has 0 fully saturated rings. The number of hydrogen-bond acceptors (Lipinski definition) is 4. The van der Waals surface area contributed by atoms with E-state index in [9.17, 15) is 14.4 Å². The Morgan fingerprint density at radius 3 is 2.69 bits per heavy atom. The third kappa shape index (κ3) is 3.59. The highest BCUT2D eigenvalue weighted by atomic mass is 35.5. The van der Waals surface area contributed by atoms with Crippen LogP contribution in [0.3, 0.4) is 0 Å². The van der Waals surface area contributed by atoms with Crippen molar-refractivity contribution < 1.29 is 4.79 Å². The van der Waals surface area contributed by atoms with Gasteiger partial charge in [-0.15, -0.1) is 11.3 Å². The molecule has 0 atom stereocenters. The van der Waals surface area contributed by atoms with Crippen LogP contribution in [0.15, 0.2) is 45.3 Å². The van der Waals surface area contributed by atoms with Gasteiger partial charge in [0, 0.05) is 6.54 Å². The van der Waals surface area contributed by atoms with E-state index in [4.69, 9.17) is 11.6 Å². The molecule has 0 saturated carbocycles. The normalized spacial score (nSPS) is 11.0. The van der Waals surface area contributed by atoms with Crippen LogP contribution >= 0.6 is 22.9 Å². The summed E-state index contributed by atoms with van der Waals surface area (Å²) < 4.78 is 3.03. The van der Waals surface area contributed by atoms with Gasteiger partial charge in [-0.2, -0.15) is 0 Å². The lowest BCUT2D eigenvalue weighted by Gasteiger charge is -2.12. The summed E-state index contributed by atoms with van der Waals surface area (Å²) in [6.07, 6.45) is 1.58. The summed E-state index contributed by atoms with van der Waals surface area (Å²) in [5.74, 6) is -0.381. The molecule has 136 valence electrons.